The van der Waals surface area contributed by atoms with Crippen molar-refractivity contribution in [3.63, 3.8) is 0 Å². The number of imide groups is 1. The van der Waals surface area contributed by atoms with Gasteiger partial charge in [0, 0.05) is 12.6 Å². The fourth-order valence-electron chi connectivity index (χ4n) is 2.72. The Labute approximate surface area is 104 Å². The summed E-state index contributed by atoms with van der Waals surface area (Å²) in [6.45, 7) is 10.7. The fraction of sp³-hybridized carbons (Fsp3) is 0.846. The molecule has 0 radical (unpaired) electrons. The standard InChI is InChI=1S/C13H24N2O2/c1-12(2,3)8-13(4,5)14-9-7-10(16)15(6)11(9)17/h9,14H,7-8H2,1-6H3. The predicted molar refractivity (Wildman–Crippen MR) is 67.5 cm³/mol. The monoisotopic (exact) mass is 240 g/mol. The number of rotatable bonds is 3. The highest BCUT2D eigenvalue weighted by molar-refractivity contribution is 6.05. The third-order valence-corrected chi connectivity index (χ3v) is 2.92. The largest absolute Gasteiger partial charge is 0.300 e. The maximum Gasteiger partial charge on any atom is 0.246 e. The molecule has 0 aromatic rings. The van der Waals surface area contributed by atoms with Crippen molar-refractivity contribution >= 4 is 11.8 Å². The van der Waals surface area contributed by atoms with E-state index in [4.69, 9.17) is 0 Å². The van der Waals surface area contributed by atoms with Crippen molar-refractivity contribution in [1.82, 2.24) is 10.2 Å². The van der Waals surface area contributed by atoms with E-state index in [2.05, 4.69) is 39.9 Å². The molecule has 0 aromatic heterocycles. The van der Waals surface area contributed by atoms with Crippen molar-refractivity contribution in [1.29, 1.82) is 0 Å². The summed E-state index contributed by atoms with van der Waals surface area (Å²) < 4.78 is 0. The topological polar surface area (TPSA) is 49.4 Å². The van der Waals surface area contributed by atoms with Gasteiger partial charge in [0.2, 0.25) is 11.8 Å². The lowest BCUT2D eigenvalue weighted by Gasteiger charge is -2.35. The molecule has 1 atom stereocenters. The zero-order chi connectivity index (χ0) is 13.4. The van der Waals surface area contributed by atoms with E-state index in [0.29, 0.717) is 0 Å². The average molecular weight is 240 g/mol. The van der Waals surface area contributed by atoms with Crippen molar-refractivity contribution in [2.45, 2.75) is 59.0 Å². The molecule has 1 unspecified atom stereocenters. The molecule has 1 N–H and O–H groups in total. The first-order chi connectivity index (χ1) is 7.52. The summed E-state index contributed by atoms with van der Waals surface area (Å²) in [7, 11) is 1.54. The van der Waals surface area contributed by atoms with E-state index in [0.717, 1.165) is 6.42 Å². The van der Waals surface area contributed by atoms with Crippen LogP contribution in [0, 0.1) is 5.41 Å². The highest BCUT2D eigenvalue weighted by Crippen LogP contribution is 2.28. The molecular weight excluding hydrogens is 216 g/mol. The summed E-state index contributed by atoms with van der Waals surface area (Å²) >= 11 is 0. The minimum Gasteiger partial charge on any atom is -0.300 e. The highest BCUT2D eigenvalue weighted by atomic mass is 16.2. The molecule has 17 heavy (non-hydrogen) atoms. The van der Waals surface area contributed by atoms with Crippen LogP contribution in [0.1, 0.15) is 47.5 Å². The van der Waals surface area contributed by atoms with E-state index in [1.165, 1.54) is 4.90 Å². The highest BCUT2D eigenvalue weighted by Gasteiger charge is 2.39. The second kappa shape index (κ2) is 4.41. The lowest BCUT2D eigenvalue weighted by molar-refractivity contribution is -0.137. The number of likely N-dealkylation sites (tertiary alicyclic amines) is 1. The molecule has 0 saturated carbocycles. The van der Waals surface area contributed by atoms with Crippen LogP contribution in [-0.4, -0.2) is 35.3 Å². The van der Waals surface area contributed by atoms with Crippen molar-refractivity contribution in [3.8, 4) is 0 Å². The molecule has 1 aliphatic heterocycles. The first-order valence-electron chi connectivity index (χ1n) is 6.10. The molecule has 0 aromatic carbocycles. The number of likely N-dealkylation sites (N-methyl/N-ethyl adjacent to an activating group) is 1. The average Bonchev–Trinajstić information content (AvgIpc) is 2.28. The maximum atomic E-state index is 11.8. The Balaban J connectivity index is 2.66. The second-order valence-electron chi connectivity index (χ2n) is 6.81. The first kappa shape index (κ1) is 14.2. The lowest BCUT2D eigenvalue weighted by atomic mass is 9.81. The number of amides is 2. The van der Waals surface area contributed by atoms with Gasteiger partial charge in [-0.2, -0.15) is 0 Å². The summed E-state index contributed by atoms with van der Waals surface area (Å²) in [5, 5.41) is 3.31. The molecule has 4 nitrogen and oxygen atoms in total. The zero-order valence-electron chi connectivity index (χ0n) is 11.8. The quantitative estimate of drug-likeness (QED) is 0.761. The fourth-order valence-corrected chi connectivity index (χ4v) is 2.72. The molecule has 1 heterocycles. The minimum absolute atomic E-state index is 0.0981. The van der Waals surface area contributed by atoms with E-state index in [1.54, 1.807) is 7.05 Å². The van der Waals surface area contributed by atoms with E-state index in [-0.39, 0.29) is 35.2 Å². The van der Waals surface area contributed by atoms with Gasteiger partial charge in [-0.1, -0.05) is 20.8 Å². The third kappa shape index (κ3) is 3.80. The van der Waals surface area contributed by atoms with Gasteiger partial charge < -0.3 is 5.32 Å². The maximum absolute atomic E-state index is 11.8. The van der Waals surface area contributed by atoms with Gasteiger partial charge >= 0.3 is 0 Å². The van der Waals surface area contributed by atoms with Gasteiger partial charge in [-0.15, -0.1) is 0 Å². The molecular formula is C13H24N2O2. The molecule has 98 valence electrons. The van der Waals surface area contributed by atoms with Crippen LogP contribution >= 0.6 is 0 Å². The first-order valence-corrected chi connectivity index (χ1v) is 6.10. The van der Waals surface area contributed by atoms with Gasteiger partial charge in [-0.05, 0) is 25.7 Å². The molecule has 0 aliphatic carbocycles. The molecule has 1 saturated heterocycles. The van der Waals surface area contributed by atoms with Gasteiger partial charge in [0.1, 0.15) is 0 Å². The van der Waals surface area contributed by atoms with Crippen molar-refractivity contribution in [3.05, 3.63) is 0 Å². The normalized spacial score (nSPS) is 22.5. The van der Waals surface area contributed by atoms with E-state index >= 15 is 0 Å². The molecule has 2 amide bonds. The smallest absolute Gasteiger partial charge is 0.246 e. The zero-order valence-corrected chi connectivity index (χ0v) is 11.8. The van der Waals surface area contributed by atoms with Crippen molar-refractivity contribution < 1.29 is 9.59 Å². The Morgan fingerprint density at radius 3 is 2.12 bits per heavy atom. The van der Waals surface area contributed by atoms with E-state index in [9.17, 15) is 9.59 Å². The van der Waals surface area contributed by atoms with Gasteiger partial charge in [-0.25, -0.2) is 0 Å². The Morgan fingerprint density at radius 1 is 1.24 bits per heavy atom. The summed E-state index contributed by atoms with van der Waals surface area (Å²) in [5.74, 6) is -0.212. The Kier molecular flexibility index (Phi) is 3.67. The molecule has 0 bridgehead atoms. The number of nitrogens with zero attached hydrogens (tertiary/aromatic N) is 1. The summed E-state index contributed by atoms with van der Waals surface area (Å²) in [6, 6.07) is -0.357. The summed E-state index contributed by atoms with van der Waals surface area (Å²) in [4.78, 5) is 24.4. The number of nitrogens with one attached hydrogen (secondary N) is 1. The van der Waals surface area contributed by atoms with Crippen LogP contribution in [0.3, 0.4) is 0 Å². The van der Waals surface area contributed by atoms with E-state index < -0.39 is 0 Å². The Bertz CT molecular complexity index is 329. The van der Waals surface area contributed by atoms with Crippen molar-refractivity contribution in [2.24, 2.45) is 5.41 Å². The second-order valence-corrected chi connectivity index (χ2v) is 6.81. The van der Waals surface area contributed by atoms with Crippen LogP contribution < -0.4 is 5.32 Å². The Hall–Kier alpha value is -0.900. The van der Waals surface area contributed by atoms with Gasteiger partial charge in [0.05, 0.1) is 12.5 Å². The summed E-state index contributed by atoms with van der Waals surface area (Å²) in [6.07, 6.45) is 1.23. The number of carbonyl (C=O) groups is 2. The van der Waals surface area contributed by atoms with Crippen LogP contribution in [0.4, 0.5) is 0 Å². The number of carbonyl (C=O) groups excluding carboxylic acids is 2. The summed E-state index contributed by atoms with van der Waals surface area (Å²) in [5.41, 5.74) is 0.0398. The molecule has 4 heteroatoms. The third-order valence-electron chi connectivity index (χ3n) is 2.92. The van der Waals surface area contributed by atoms with Gasteiger partial charge in [0.15, 0.2) is 0 Å². The van der Waals surface area contributed by atoms with Gasteiger partial charge in [0.25, 0.3) is 0 Å². The molecule has 1 aliphatic rings. The van der Waals surface area contributed by atoms with Crippen LogP contribution in [0.25, 0.3) is 0 Å². The van der Waals surface area contributed by atoms with Crippen molar-refractivity contribution in [2.75, 3.05) is 7.05 Å². The number of hydrogen-bond acceptors (Lipinski definition) is 3. The lowest BCUT2D eigenvalue weighted by Crippen LogP contribution is -2.50. The van der Waals surface area contributed by atoms with E-state index in [1.807, 2.05) is 0 Å². The predicted octanol–water partition coefficient (Wildman–Crippen LogP) is 1.55. The minimum atomic E-state index is -0.357. The van der Waals surface area contributed by atoms with Crippen LogP contribution in [0.2, 0.25) is 0 Å². The van der Waals surface area contributed by atoms with Crippen LogP contribution in [0.15, 0.2) is 0 Å². The number of hydrogen-bond donors (Lipinski definition) is 1. The van der Waals surface area contributed by atoms with Gasteiger partial charge in [-0.3, -0.25) is 14.5 Å². The Morgan fingerprint density at radius 2 is 1.76 bits per heavy atom. The van der Waals surface area contributed by atoms with Crippen LogP contribution in [-0.2, 0) is 9.59 Å². The SMILES string of the molecule is CN1C(=O)CC(NC(C)(C)CC(C)(C)C)C1=O. The molecule has 1 rings (SSSR count). The molecule has 0 spiro atoms. The van der Waals surface area contributed by atoms with Crippen LogP contribution in [0.5, 0.6) is 0 Å². The molecule has 1 fully saturated rings.